The Morgan fingerprint density at radius 2 is 1.93 bits per heavy atom. The number of esters is 1. The fourth-order valence-electron chi connectivity index (χ4n) is 2.18. The number of carbonyl (C=O) groups is 1. The predicted octanol–water partition coefficient (Wildman–Crippen LogP) is 4.44. The molecule has 0 heterocycles. The quantitative estimate of drug-likeness (QED) is 0.226. The average molecular weight is 385 g/mol. The molecule has 5 nitrogen and oxygen atoms in total. The summed E-state index contributed by atoms with van der Waals surface area (Å²) in [6.45, 7) is 6.41. The number of rotatable bonds is 9. The lowest BCUT2D eigenvalue weighted by Gasteiger charge is -2.13. The van der Waals surface area contributed by atoms with Gasteiger partial charge in [0.2, 0.25) is 0 Å². The minimum absolute atomic E-state index is 0.360. The number of hydrogen-bond donors (Lipinski definition) is 1. The van der Waals surface area contributed by atoms with Crippen molar-refractivity contribution < 1.29 is 19.1 Å². The Bertz CT molecular complexity index is 818. The standard InChI is InChI=1S/C21H23NO4S/c1-15-10-11-18(12-19(15)27-20(14-24-3)21(23)25-4)16(2)22-26-13-17-8-6-5-7-9-17/h5-12,14,22H,2,13H2,1,3-4H3. The summed E-state index contributed by atoms with van der Waals surface area (Å²) in [5, 5.41) is 0. The number of carbonyl (C=O) groups excluding carboxylic acids is 1. The molecule has 0 bridgehead atoms. The Balaban J connectivity index is 2.05. The molecule has 1 N–H and O–H groups in total. The van der Waals surface area contributed by atoms with E-state index >= 15 is 0 Å². The lowest BCUT2D eigenvalue weighted by molar-refractivity contribution is -0.135. The maximum atomic E-state index is 11.9. The highest BCUT2D eigenvalue weighted by Crippen LogP contribution is 2.32. The van der Waals surface area contributed by atoms with Gasteiger partial charge in [-0.25, -0.2) is 4.79 Å². The normalized spacial score (nSPS) is 11.0. The van der Waals surface area contributed by atoms with Crippen LogP contribution in [0.2, 0.25) is 0 Å². The first-order valence-corrected chi connectivity index (χ1v) is 9.07. The van der Waals surface area contributed by atoms with Gasteiger partial charge in [-0.05, 0) is 24.1 Å². The number of aryl methyl sites for hydroxylation is 1. The molecule has 0 aliphatic rings. The van der Waals surface area contributed by atoms with Crippen LogP contribution in [0.5, 0.6) is 0 Å². The number of hydroxylamine groups is 1. The van der Waals surface area contributed by atoms with Crippen LogP contribution in [-0.2, 0) is 25.7 Å². The summed E-state index contributed by atoms with van der Waals surface area (Å²) in [5.41, 5.74) is 6.44. The van der Waals surface area contributed by atoms with Gasteiger partial charge in [-0.15, -0.1) is 0 Å². The van der Waals surface area contributed by atoms with Gasteiger partial charge in [0.05, 0.1) is 26.5 Å². The van der Waals surface area contributed by atoms with Crippen molar-refractivity contribution in [1.82, 2.24) is 5.48 Å². The van der Waals surface area contributed by atoms with Crippen molar-refractivity contribution in [3.63, 3.8) is 0 Å². The van der Waals surface area contributed by atoms with E-state index in [1.54, 1.807) is 0 Å². The summed E-state index contributed by atoms with van der Waals surface area (Å²) in [5.74, 6) is -0.449. The van der Waals surface area contributed by atoms with Gasteiger partial charge in [0, 0.05) is 10.5 Å². The molecule has 0 aliphatic heterocycles. The second kappa shape index (κ2) is 10.4. The summed E-state index contributed by atoms with van der Waals surface area (Å²) in [4.78, 5) is 18.6. The average Bonchev–Trinajstić information content (AvgIpc) is 2.69. The Hall–Kier alpha value is -2.70. The molecule has 2 rings (SSSR count). The van der Waals surface area contributed by atoms with Crippen LogP contribution in [0.15, 0.2) is 71.2 Å². The van der Waals surface area contributed by atoms with Crippen molar-refractivity contribution in [1.29, 1.82) is 0 Å². The van der Waals surface area contributed by atoms with Crippen LogP contribution < -0.4 is 5.48 Å². The van der Waals surface area contributed by atoms with Crippen LogP contribution >= 0.6 is 11.8 Å². The highest BCUT2D eigenvalue weighted by atomic mass is 32.2. The molecule has 2 aromatic rings. The van der Waals surface area contributed by atoms with E-state index < -0.39 is 5.97 Å². The maximum Gasteiger partial charge on any atom is 0.347 e. The number of ether oxygens (including phenoxy) is 2. The molecule has 142 valence electrons. The highest BCUT2D eigenvalue weighted by molar-refractivity contribution is 8.04. The van der Waals surface area contributed by atoms with Crippen molar-refractivity contribution >= 4 is 23.4 Å². The summed E-state index contributed by atoms with van der Waals surface area (Å²) < 4.78 is 9.77. The van der Waals surface area contributed by atoms with Crippen LogP contribution in [0.1, 0.15) is 16.7 Å². The van der Waals surface area contributed by atoms with Crippen LogP contribution in [0.4, 0.5) is 0 Å². The third-order valence-electron chi connectivity index (χ3n) is 3.65. The SMILES string of the molecule is C=C(NOCc1ccccc1)c1ccc(C)c(SC(=COC)C(=O)OC)c1. The van der Waals surface area contributed by atoms with Crippen LogP contribution in [0.3, 0.4) is 0 Å². The zero-order valence-corrected chi connectivity index (χ0v) is 16.5. The molecule has 6 heteroatoms. The molecule has 2 aromatic carbocycles. The van der Waals surface area contributed by atoms with Gasteiger partial charge in [0.1, 0.15) is 11.2 Å². The molecule has 0 radical (unpaired) electrons. The third kappa shape index (κ3) is 6.20. The first-order chi connectivity index (χ1) is 13.0. The molecule has 0 atom stereocenters. The van der Waals surface area contributed by atoms with Crippen molar-refractivity contribution in [2.24, 2.45) is 0 Å². The van der Waals surface area contributed by atoms with Crippen molar-refractivity contribution in [2.75, 3.05) is 14.2 Å². The van der Waals surface area contributed by atoms with E-state index in [1.165, 1.54) is 32.2 Å². The van der Waals surface area contributed by atoms with E-state index in [0.717, 1.165) is 21.6 Å². The van der Waals surface area contributed by atoms with Crippen molar-refractivity contribution in [3.05, 3.63) is 83.0 Å². The molecular weight excluding hydrogens is 362 g/mol. The zero-order chi connectivity index (χ0) is 19.6. The molecule has 0 saturated carbocycles. The molecule has 0 unspecified atom stereocenters. The minimum Gasteiger partial charge on any atom is -0.503 e. The number of nitrogens with one attached hydrogen (secondary N) is 1. The maximum absolute atomic E-state index is 11.9. The van der Waals surface area contributed by atoms with E-state index in [0.29, 0.717) is 17.2 Å². The fourth-order valence-corrected chi connectivity index (χ4v) is 3.14. The summed E-state index contributed by atoms with van der Waals surface area (Å²) in [6, 6.07) is 15.7. The Morgan fingerprint density at radius 3 is 2.59 bits per heavy atom. The summed E-state index contributed by atoms with van der Waals surface area (Å²) in [6.07, 6.45) is 1.37. The van der Waals surface area contributed by atoms with E-state index in [9.17, 15) is 4.79 Å². The molecule has 0 aliphatic carbocycles. The number of methoxy groups -OCH3 is 2. The first-order valence-electron chi connectivity index (χ1n) is 8.26. The smallest absolute Gasteiger partial charge is 0.347 e. The third-order valence-corrected chi connectivity index (χ3v) is 4.79. The van der Waals surface area contributed by atoms with Crippen molar-refractivity contribution in [2.45, 2.75) is 18.4 Å². The lowest BCUT2D eigenvalue weighted by atomic mass is 10.1. The first kappa shape index (κ1) is 20.6. The van der Waals surface area contributed by atoms with Crippen LogP contribution in [0, 0.1) is 6.92 Å². The van der Waals surface area contributed by atoms with Crippen LogP contribution in [0.25, 0.3) is 5.70 Å². The van der Waals surface area contributed by atoms with Gasteiger partial charge >= 0.3 is 5.97 Å². The van der Waals surface area contributed by atoms with Gasteiger partial charge in [-0.1, -0.05) is 60.8 Å². The van der Waals surface area contributed by atoms with Gasteiger partial charge in [-0.2, -0.15) is 0 Å². The monoisotopic (exact) mass is 385 g/mol. The van der Waals surface area contributed by atoms with Gasteiger partial charge in [0.15, 0.2) is 0 Å². The molecule has 0 aromatic heterocycles. The van der Waals surface area contributed by atoms with Crippen LogP contribution in [-0.4, -0.2) is 20.2 Å². The molecule has 27 heavy (non-hydrogen) atoms. The van der Waals surface area contributed by atoms with Gasteiger partial charge in [-0.3, -0.25) is 10.3 Å². The Kier molecular flexibility index (Phi) is 7.98. The molecule has 0 amide bonds. The molecule has 0 fully saturated rings. The van der Waals surface area contributed by atoms with E-state index in [2.05, 4.69) is 12.1 Å². The van der Waals surface area contributed by atoms with Gasteiger partial charge < -0.3 is 9.47 Å². The zero-order valence-electron chi connectivity index (χ0n) is 15.7. The molecular formula is C21H23NO4S. The van der Waals surface area contributed by atoms with Gasteiger partial charge in [0.25, 0.3) is 0 Å². The fraction of sp³-hybridized carbons (Fsp3) is 0.190. The largest absolute Gasteiger partial charge is 0.503 e. The van der Waals surface area contributed by atoms with E-state index in [4.69, 9.17) is 14.3 Å². The minimum atomic E-state index is -0.449. The Morgan fingerprint density at radius 1 is 1.19 bits per heavy atom. The second-order valence-electron chi connectivity index (χ2n) is 5.65. The summed E-state index contributed by atoms with van der Waals surface area (Å²) in [7, 11) is 2.83. The predicted molar refractivity (Wildman–Crippen MR) is 108 cm³/mol. The Labute approximate surface area is 164 Å². The number of thioether (sulfide) groups is 1. The number of hydrogen-bond acceptors (Lipinski definition) is 6. The topological polar surface area (TPSA) is 56.8 Å². The van der Waals surface area contributed by atoms with Crippen molar-refractivity contribution in [3.8, 4) is 0 Å². The second-order valence-corrected chi connectivity index (χ2v) is 6.73. The van der Waals surface area contributed by atoms with E-state index in [1.807, 2.05) is 55.5 Å². The number of benzene rings is 2. The summed E-state index contributed by atoms with van der Waals surface area (Å²) >= 11 is 1.28. The van der Waals surface area contributed by atoms with E-state index in [-0.39, 0.29) is 0 Å². The lowest BCUT2D eigenvalue weighted by Crippen LogP contribution is -2.12. The molecule has 0 saturated heterocycles. The highest BCUT2D eigenvalue weighted by Gasteiger charge is 2.14. The molecule has 0 spiro atoms.